The molecule has 106 heavy (non-hydrogen) atoms. The predicted molar refractivity (Wildman–Crippen MR) is 434 cm³/mol. The molecule has 0 radical (unpaired) electrons. The van der Waals surface area contributed by atoms with Gasteiger partial charge in [-0.3, -0.25) is 0 Å². The van der Waals surface area contributed by atoms with E-state index < -0.39 is 0 Å². The number of nitrogens with zero attached hydrogens (tertiary/aromatic N) is 3. The van der Waals surface area contributed by atoms with Crippen LogP contribution in [-0.4, -0.2) is 14.8 Å². The van der Waals surface area contributed by atoms with E-state index in [2.05, 4.69) is 314 Å². The number of fused-ring (bicyclic) bond motifs is 19. The molecule has 2 unspecified atom stereocenters. The van der Waals surface area contributed by atoms with Gasteiger partial charge in [-0.25, -0.2) is 0 Å². The first-order chi connectivity index (χ1) is 52.5. The van der Waals surface area contributed by atoms with Crippen molar-refractivity contribution < 1.29 is 13.3 Å². The second kappa shape index (κ2) is 22.8. The monoisotopic (exact) mass is 1350 g/mol. The molecular formula is C100H59N3O3. The Balaban J connectivity index is 0.665. The molecule has 6 heteroatoms. The number of rotatable bonds is 9. The Kier molecular flexibility index (Phi) is 12.6. The van der Waals surface area contributed by atoms with E-state index >= 15 is 0 Å². The molecule has 2 aliphatic rings. The van der Waals surface area contributed by atoms with Crippen molar-refractivity contribution in [3.63, 3.8) is 0 Å². The molecular weight excluding hydrogens is 1290 g/mol. The Morgan fingerprint density at radius 2 is 0.623 bits per heavy atom. The zero-order chi connectivity index (χ0) is 69.2. The maximum atomic E-state index is 6.28. The van der Waals surface area contributed by atoms with E-state index in [1.54, 1.807) is 0 Å². The van der Waals surface area contributed by atoms with Gasteiger partial charge in [-0.1, -0.05) is 231 Å². The summed E-state index contributed by atoms with van der Waals surface area (Å²) in [6.45, 7) is 0. The Hall–Kier alpha value is -13.9. The first-order valence-electron chi connectivity index (χ1n) is 36.4. The summed E-state index contributed by atoms with van der Waals surface area (Å²) in [4.78, 5) is 0. The number of aromatic nitrogens is 3. The van der Waals surface area contributed by atoms with E-state index in [4.69, 9.17) is 23.4 Å². The van der Waals surface area contributed by atoms with Gasteiger partial charge in [-0.15, -0.1) is 10.2 Å². The zero-order valence-electron chi connectivity index (χ0n) is 57.1. The highest BCUT2D eigenvalue weighted by atomic mass is 16.3. The number of furan rings is 3. The maximum absolute atomic E-state index is 6.28. The highest BCUT2D eigenvalue weighted by Crippen LogP contribution is 2.53. The summed E-state index contributed by atoms with van der Waals surface area (Å²) in [5.41, 5.74) is 35.1. The largest absolute Gasteiger partial charge is 0.456 e. The number of para-hydroxylation sites is 4. The van der Waals surface area contributed by atoms with Crippen LogP contribution in [0.4, 0.5) is 0 Å². The fraction of sp³-hybridized carbons (Fsp3) is 0.0200. The van der Waals surface area contributed by atoms with Crippen LogP contribution < -0.4 is 0 Å². The third kappa shape index (κ3) is 8.98. The lowest BCUT2D eigenvalue weighted by atomic mass is 9.85. The molecule has 0 amide bonds. The normalized spacial score (nSPS) is 13.8. The predicted octanol–water partition coefficient (Wildman–Crippen LogP) is 26.7. The van der Waals surface area contributed by atoms with Crippen molar-refractivity contribution in [1.82, 2.24) is 14.8 Å². The molecule has 21 aromatic rings. The van der Waals surface area contributed by atoms with Gasteiger partial charge in [0.1, 0.15) is 39.2 Å². The quantitative estimate of drug-likeness (QED) is 0.144. The molecule has 0 N–H and O–H groups in total. The minimum Gasteiger partial charge on any atom is -0.456 e. The van der Waals surface area contributed by atoms with Crippen molar-refractivity contribution in [2.45, 2.75) is 11.8 Å². The van der Waals surface area contributed by atoms with Gasteiger partial charge in [0, 0.05) is 77.1 Å². The summed E-state index contributed by atoms with van der Waals surface area (Å²) in [7, 11) is 0. The molecule has 2 atom stereocenters. The molecule has 0 fully saturated rings. The van der Waals surface area contributed by atoms with Gasteiger partial charge >= 0.3 is 0 Å². The Bertz CT molecular complexity index is 7320. The van der Waals surface area contributed by atoms with Crippen LogP contribution in [0.2, 0.25) is 0 Å². The second-order valence-corrected chi connectivity index (χ2v) is 28.6. The van der Waals surface area contributed by atoms with Crippen molar-refractivity contribution in [3.05, 3.63) is 379 Å². The zero-order valence-corrected chi connectivity index (χ0v) is 57.1. The number of benzene rings is 16. The second-order valence-electron chi connectivity index (χ2n) is 28.6. The van der Waals surface area contributed by atoms with E-state index in [-0.39, 0.29) is 11.8 Å². The van der Waals surface area contributed by atoms with Gasteiger partial charge in [0.25, 0.3) is 0 Å². The summed E-state index contributed by atoms with van der Waals surface area (Å²) in [5.74, 6) is -0.0471. The van der Waals surface area contributed by atoms with Gasteiger partial charge in [0.05, 0.1) is 16.6 Å². The number of hydrogen-bond acceptors (Lipinski definition) is 5. The first kappa shape index (κ1) is 58.7. The third-order valence-corrected chi connectivity index (χ3v) is 22.9. The summed E-state index contributed by atoms with van der Waals surface area (Å²) in [5, 5.41) is 20.7. The van der Waals surface area contributed by atoms with E-state index in [0.29, 0.717) is 0 Å². The number of hydrogen-bond donors (Lipinski definition) is 0. The lowest BCUT2D eigenvalue weighted by Crippen LogP contribution is -2.02. The molecule has 2 aliphatic carbocycles. The topological polar surface area (TPSA) is 70.1 Å². The molecule has 5 aromatic heterocycles. The van der Waals surface area contributed by atoms with Crippen LogP contribution in [0.5, 0.6) is 0 Å². The smallest absolute Gasteiger partial charge is 0.135 e. The standard InChI is InChI=1S/C100H59N3O3/c1-3-28-77-71(22-1)81-51-59(63-38-45-94-84(54-63)74-25-6-10-31-91(74)104-94)34-41-79(81)97(77)66-17-13-19-68(48-66)99-87-57-61(58-16-15-21-70(50-58)103-89-30-9-5-24-73(89)83-53-62(37-44-90(83)103)65-40-47-96-86(56-65)76-27-8-12-33-93(76)106-96)36-43-88(87)101-102-100(99)69-20-14-18-67(49-69)98-78-29-4-2-23-72(78)82-52-60(35-42-80(82)98)64-39-46-95-85(55-64)75-26-7-11-32-92(75)105-95/h1-57,97-98H. The van der Waals surface area contributed by atoms with Crippen LogP contribution in [0.15, 0.2) is 359 Å². The van der Waals surface area contributed by atoms with Crippen LogP contribution >= 0.6 is 0 Å². The minimum absolute atomic E-state index is 0.0219. The Labute approximate surface area is 608 Å². The fourth-order valence-corrected chi connectivity index (χ4v) is 18.0. The molecule has 492 valence electrons. The maximum Gasteiger partial charge on any atom is 0.135 e. The average Bonchev–Trinajstić information content (AvgIpc) is 1.52. The van der Waals surface area contributed by atoms with Crippen molar-refractivity contribution in [2.24, 2.45) is 0 Å². The first-order valence-corrected chi connectivity index (χ1v) is 36.4. The lowest BCUT2D eigenvalue weighted by Gasteiger charge is -2.19. The SMILES string of the molecule is c1cc(-c2nnc3ccc(-c4cccc(-n5c6ccccc6c6cc(-c7ccc8oc9ccccc9c8c7)ccc65)c4)cc3c2-c2cccc(C3c4ccccc4-c4cc(-c5ccc6oc7ccccc7c6c5)ccc43)c2)cc(C2c3ccccc3-c3cc(-c4ccc5oc6ccccc6c5c4)ccc32)c1. The van der Waals surface area contributed by atoms with E-state index in [1.165, 1.54) is 77.5 Å². The highest BCUT2D eigenvalue weighted by molar-refractivity contribution is 6.13. The molecule has 6 nitrogen and oxygen atoms in total. The van der Waals surface area contributed by atoms with E-state index in [0.717, 1.165) is 149 Å². The van der Waals surface area contributed by atoms with Crippen molar-refractivity contribution in [3.8, 4) is 94.8 Å². The fourth-order valence-electron chi connectivity index (χ4n) is 18.0. The third-order valence-electron chi connectivity index (χ3n) is 22.9. The van der Waals surface area contributed by atoms with Gasteiger partial charge in [-0.2, -0.15) is 0 Å². The Morgan fingerprint density at radius 1 is 0.226 bits per heavy atom. The van der Waals surface area contributed by atoms with Crippen LogP contribution in [0.1, 0.15) is 45.2 Å². The molecule has 5 heterocycles. The van der Waals surface area contributed by atoms with Crippen LogP contribution in [0.3, 0.4) is 0 Å². The molecule has 0 spiro atoms. The highest BCUT2D eigenvalue weighted by Gasteiger charge is 2.33. The molecule has 0 bridgehead atoms. The molecule has 0 saturated heterocycles. The van der Waals surface area contributed by atoms with Gasteiger partial charge in [-0.05, 0) is 221 Å². The van der Waals surface area contributed by atoms with E-state index in [9.17, 15) is 0 Å². The average molecular weight is 1350 g/mol. The van der Waals surface area contributed by atoms with Crippen LogP contribution in [0, 0.1) is 0 Å². The van der Waals surface area contributed by atoms with Gasteiger partial charge in [0.2, 0.25) is 0 Å². The van der Waals surface area contributed by atoms with Crippen LogP contribution in [0.25, 0.3) is 193 Å². The molecule has 0 aliphatic heterocycles. The minimum atomic E-state index is -0.0252. The van der Waals surface area contributed by atoms with Crippen LogP contribution in [-0.2, 0) is 0 Å². The van der Waals surface area contributed by atoms with Crippen molar-refractivity contribution >= 4 is 98.5 Å². The van der Waals surface area contributed by atoms with E-state index in [1.807, 2.05) is 36.4 Å². The molecule has 16 aromatic carbocycles. The summed E-state index contributed by atoms with van der Waals surface area (Å²) >= 11 is 0. The molecule has 23 rings (SSSR count). The van der Waals surface area contributed by atoms with Crippen molar-refractivity contribution in [1.29, 1.82) is 0 Å². The summed E-state index contributed by atoms with van der Waals surface area (Å²) < 4.78 is 21.2. The van der Waals surface area contributed by atoms with Gasteiger partial charge < -0.3 is 17.8 Å². The van der Waals surface area contributed by atoms with Crippen molar-refractivity contribution in [2.75, 3.05) is 0 Å². The molecule has 0 saturated carbocycles. The van der Waals surface area contributed by atoms with Gasteiger partial charge in [0.15, 0.2) is 0 Å². The summed E-state index contributed by atoms with van der Waals surface area (Å²) in [6, 6.07) is 126. The Morgan fingerprint density at radius 3 is 1.20 bits per heavy atom. The lowest BCUT2D eigenvalue weighted by molar-refractivity contribution is 0.668. The summed E-state index contributed by atoms with van der Waals surface area (Å²) in [6.07, 6.45) is 0.